The summed E-state index contributed by atoms with van der Waals surface area (Å²) in [7, 11) is 0. The van der Waals surface area contributed by atoms with Gasteiger partial charge in [-0.15, -0.1) is 0 Å². The maximum atomic E-state index is 11.9. The molecule has 0 aromatic heterocycles. The summed E-state index contributed by atoms with van der Waals surface area (Å²) in [6, 6.07) is 16.4. The second-order valence-electron chi connectivity index (χ2n) is 6.25. The predicted octanol–water partition coefficient (Wildman–Crippen LogP) is 2.87. The van der Waals surface area contributed by atoms with Crippen molar-refractivity contribution < 1.29 is 19.7 Å². The third kappa shape index (κ3) is 7.09. The van der Waals surface area contributed by atoms with Crippen molar-refractivity contribution in [2.75, 3.05) is 13.2 Å². The molecule has 0 bridgehead atoms. The Labute approximate surface area is 159 Å². The number of carbonyl (C=O) groups excluding carboxylic acids is 1. The van der Waals surface area contributed by atoms with Crippen LogP contribution in [-0.2, 0) is 4.79 Å². The number of carbonyl (C=O) groups is 1. The summed E-state index contributed by atoms with van der Waals surface area (Å²) in [5, 5.41) is 22.5. The molecule has 142 valence electrons. The van der Waals surface area contributed by atoms with E-state index in [2.05, 4.69) is 11.9 Å². The van der Waals surface area contributed by atoms with Gasteiger partial charge in [-0.25, -0.2) is 0 Å². The Morgan fingerprint density at radius 1 is 1.15 bits per heavy atom. The van der Waals surface area contributed by atoms with Crippen molar-refractivity contribution in [3.05, 3.63) is 84.0 Å². The van der Waals surface area contributed by atoms with Gasteiger partial charge in [0.05, 0.1) is 6.10 Å². The van der Waals surface area contributed by atoms with E-state index in [1.807, 2.05) is 30.3 Å². The van der Waals surface area contributed by atoms with Gasteiger partial charge in [-0.2, -0.15) is 0 Å². The van der Waals surface area contributed by atoms with Crippen LogP contribution < -0.4 is 10.1 Å². The molecule has 0 saturated heterocycles. The van der Waals surface area contributed by atoms with Gasteiger partial charge in [-0.1, -0.05) is 49.0 Å². The molecule has 0 spiro atoms. The highest BCUT2D eigenvalue weighted by molar-refractivity contribution is 5.91. The molecule has 2 aromatic rings. The SMILES string of the molecule is C=C(C)C(O)COc1ccc(C(O)CNC(=O)/C=C/c2ccccc2)cc1. The number of benzene rings is 2. The number of nitrogens with one attached hydrogen (secondary N) is 1. The maximum Gasteiger partial charge on any atom is 0.244 e. The van der Waals surface area contributed by atoms with Crippen molar-refractivity contribution in [2.24, 2.45) is 0 Å². The van der Waals surface area contributed by atoms with Gasteiger partial charge in [0.1, 0.15) is 18.5 Å². The number of ether oxygens (including phenoxy) is 1. The predicted molar refractivity (Wildman–Crippen MR) is 106 cm³/mol. The summed E-state index contributed by atoms with van der Waals surface area (Å²) in [5.74, 6) is 0.313. The van der Waals surface area contributed by atoms with Crippen LogP contribution in [-0.4, -0.2) is 35.4 Å². The second kappa shape index (κ2) is 10.3. The van der Waals surface area contributed by atoms with Crippen molar-refractivity contribution in [1.82, 2.24) is 5.32 Å². The summed E-state index contributed by atoms with van der Waals surface area (Å²) in [6.07, 6.45) is 1.61. The van der Waals surface area contributed by atoms with Gasteiger partial charge < -0.3 is 20.3 Å². The van der Waals surface area contributed by atoms with Crippen LogP contribution in [0.4, 0.5) is 0 Å². The Balaban J connectivity index is 1.80. The highest BCUT2D eigenvalue weighted by Crippen LogP contribution is 2.18. The molecule has 5 nitrogen and oxygen atoms in total. The van der Waals surface area contributed by atoms with Gasteiger partial charge in [-0.05, 0) is 41.8 Å². The van der Waals surface area contributed by atoms with Crippen molar-refractivity contribution >= 4 is 12.0 Å². The van der Waals surface area contributed by atoms with Gasteiger partial charge in [0.25, 0.3) is 0 Å². The first-order valence-electron chi connectivity index (χ1n) is 8.71. The van der Waals surface area contributed by atoms with Crippen LogP contribution in [0.25, 0.3) is 6.08 Å². The summed E-state index contributed by atoms with van der Waals surface area (Å²) in [6.45, 7) is 5.63. The third-order valence-electron chi connectivity index (χ3n) is 3.94. The molecule has 1 amide bonds. The average Bonchev–Trinajstić information content (AvgIpc) is 2.69. The topological polar surface area (TPSA) is 78.8 Å². The van der Waals surface area contributed by atoms with E-state index in [4.69, 9.17) is 4.74 Å². The van der Waals surface area contributed by atoms with Crippen LogP contribution in [0.15, 0.2) is 72.8 Å². The minimum Gasteiger partial charge on any atom is -0.491 e. The summed E-state index contributed by atoms with van der Waals surface area (Å²) >= 11 is 0. The van der Waals surface area contributed by atoms with E-state index in [1.54, 1.807) is 37.3 Å². The van der Waals surface area contributed by atoms with E-state index >= 15 is 0 Å². The van der Waals surface area contributed by atoms with Gasteiger partial charge >= 0.3 is 0 Å². The zero-order valence-electron chi connectivity index (χ0n) is 15.3. The Morgan fingerprint density at radius 2 is 1.81 bits per heavy atom. The highest BCUT2D eigenvalue weighted by atomic mass is 16.5. The second-order valence-corrected chi connectivity index (χ2v) is 6.25. The lowest BCUT2D eigenvalue weighted by molar-refractivity contribution is -0.116. The molecule has 5 heteroatoms. The molecule has 2 unspecified atom stereocenters. The molecular weight excluding hydrogens is 342 g/mol. The van der Waals surface area contributed by atoms with Crippen molar-refractivity contribution in [2.45, 2.75) is 19.1 Å². The molecule has 3 N–H and O–H groups in total. The molecule has 0 aliphatic carbocycles. The van der Waals surface area contributed by atoms with Crippen molar-refractivity contribution in [3.8, 4) is 5.75 Å². The smallest absolute Gasteiger partial charge is 0.244 e. The van der Waals surface area contributed by atoms with Crippen LogP contribution >= 0.6 is 0 Å². The summed E-state index contributed by atoms with van der Waals surface area (Å²) in [5.41, 5.74) is 2.23. The molecule has 0 aliphatic rings. The number of hydrogen-bond acceptors (Lipinski definition) is 4. The average molecular weight is 367 g/mol. The number of amides is 1. The van der Waals surface area contributed by atoms with Crippen molar-refractivity contribution in [1.29, 1.82) is 0 Å². The Morgan fingerprint density at radius 3 is 2.44 bits per heavy atom. The first kappa shape index (κ1) is 20.4. The quantitative estimate of drug-likeness (QED) is 0.470. The standard InChI is InChI=1S/C22H25NO4/c1-16(2)21(25)15-27-19-11-9-18(10-12-19)20(24)14-23-22(26)13-8-17-6-4-3-5-7-17/h3-13,20-21,24-25H,1,14-15H2,2H3,(H,23,26)/b13-8+. The molecule has 27 heavy (non-hydrogen) atoms. The minimum atomic E-state index is -0.825. The zero-order chi connectivity index (χ0) is 19.6. The molecule has 2 rings (SSSR count). The van der Waals surface area contributed by atoms with Crippen LogP contribution in [0, 0.1) is 0 Å². The molecule has 2 aromatic carbocycles. The van der Waals surface area contributed by atoms with E-state index in [-0.39, 0.29) is 19.1 Å². The first-order valence-corrected chi connectivity index (χ1v) is 8.71. The van der Waals surface area contributed by atoms with Gasteiger partial charge in [-0.3, -0.25) is 4.79 Å². The fourth-order valence-electron chi connectivity index (χ4n) is 2.21. The monoisotopic (exact) mass is 367 g/mol. The lowest BCUT2D eigenvalue weighted by atomic mass is 10.1. The summed E-state index contributed by atoms with van der Waals surface area (Å²) in [4.78, 5) is 11.9. The maximum absolute atomic E-state index is 11.9. The van der Waals surface area contributed by atoms with E-state index in [9.17, 15) is 15.0 Å². The normalized spacial score (nSPS) is 13.1. The van der Waals surface area contributed by atoms with Crippen LogP contribution in [0.3, 0.4) is 0 Å². The Hall–Kier alpha value is -2.89. The Bertz CT molecular complexity index is 769. The first-order chi connectivity index (χ1) is 13.0. The molecule has 0 radical (unpaired) electrons. The minimum absolute atomic E-state index is 0.104. The summed E-state index contributed by atoms with van der Waals surface area (Å²) < 4.78 is 5.46. The number of aliphatic hydroxyl groups is 2. The van der Waals surface area contributed by atoms with Crippen LogP contribution in [0.1, 0.15) is 24.2 Å². The Kier molecular flexibility index (Phi) is 7.79. The van der Waals surface area contributed by atoms with Gasteiger partial charge in [0.15, 0.2) is 0 Å². The lowest BCUT2D eigenvalue weighted by Crippen LogP contribution is -2.26. The third-order valence-corrected chi connectivity index (χ3v) is 3.94. The highest BCUT2D eigenvalue weighted by Gasteiger charge is 2.10. The zero-order valence-corrected chi connectivity index (χ0v) is 15.3. The molecular formula is C22H25NO4. The molecule has 0 heterocycles. The van der Waals surface area contributed by atoms with Crippen LogP contribution in [0.2, 0.25) is 0 Å². The molecule has 2 atom stereocenters. The van der Waals surface area contributed by atoms with E-state index in [0.717, 1.165) is 5.56 Å². The van der Waals surface area contributed by atoms with E-state index < -0.39 is 12.2 Å². The van der Waals surface area contributed by atoms with Gasteiger partial charge in [0, 0.05) is 12.6 Å². The fourth-order valence-corrected chi connectivity index (χ4v) is 2.21. The van der Waals surface area contributed by atoms with E-state index in [0.29, 0.717) is 16.9 Å². The fraction of sp³-hybridized carbons (Fsp3) is 0.227. The largest absolute Gasteiger partial charge is 0.491 e. The molecule has 0 fully saturated rings. The molecule has 0 saturated carbocycles. The lowest BCUT2D eigenvalue weighted by Gasteiger charge is -2.14. The molecule has 0 aliphatic heterocycles. The number of rotatable bonds is 9. The number of hydrogen-bond donors (Lipinski definition) is 3. The van der Waals surface area contributed by atoms with Crippen molar-refractivity contribution in [3.63, 3.8) is 0 Å². The number of aliphatic hydroxyl groups excluding tert-OH is 2. The van der Waals surface area contributed by atoms with Crippen LogP contribution in [0.5, 0.6) is 5.75 Å². The van der Waals surface area contributed by atoms with Gasteiger partial charge in [0.2, 0.25) is 5.91 Å². The van der Waals surface area contributed by atoms with E-state index in [1.165, 1.54) is 6.08 Å².